The van der Waals surface area contributed by atoms with Crippen LogP contribution in [0.25, 0.3) is 0 Å². The van der Waals surface area contributed by atoms with Gasteiger partial charge in [0.15, 0.2) is 0 Å². The van der Waals surface area contributed by atoms with E-state index in [1.807, 2.05) is 0 Å². The minimum Gasteiger partial charge on any atom is -0.271 e. The van der Waals surface area contributed by atoms with Crippen molar-refractivity contribution in [2.45, 2.75) is 39.2 Å². The van der Waals surface area contributed by atoms with Crippen LogP contribution < -0.4 is 11.3 Å². The van der Waals surface area contributed by atoms with Gasteiger partial charge < -0.3 is 0 Å². The molecule has 3 heteroatoms. The second-order valence-electron chi connectivity index (χ2n) is 3.89. The van der Waals surface area contributed by atoms with Gasteiger partial charge >= 0.3 is 0 Å². The van der Waals surface area contributed by atoms with Crippen molar-refractivity contribution < 1.29 is 0 Å². The number of unbranched alkanes of at least 4 members (excludes halogenated alkanes) is 1. The average Bonchev–Trinajstić information content (AvgIpc) is 2.24. The predicted octanol–water partition coefficient (Wildman–Crippen LogP) is 3.45. The number of nitrogens with two attached hydrogens (primary N) is 1. The molecule has 0 aromatic heterocycles. The number of rotatable bonds is 5. The summed E-state index contributed by atoms with van der Waals surface area (Å²) in [5.41, 5.74) is 5.42. The number of hydrogen-bond acceptors (Lipinski definition) is 2. The highest BCUT2D eigenvalue weighted by atomic mass is 79.9. The lowest BCUT2D eigenvalue weighted by atomic mass is 10.0. The maximum absolute atomic E-state index is 5.59. The Hall–Kier alpha value is -0.380. The topological polar surface area (TPSA) is 38.0 Å². The number of halogens is 1. The number of hydrazine groups is 1. The summed E-state index contributed by atoms with van der Waals surface area (Å²) in [6.45, 7) is 4.29. The molecule has 84 valence electrons. The first-order valence-electron chi connectivity index (χ1n) is 5.41. The maximum Gasteiger partial charge on any atom is 0.0471 e. The van der Waals surface area contributed by atoms with E-state index in [1.165, 1.54) is 24.0 Å². The van der Waals surface area contributed by atoms with E-state index in [-0.39, 0.29) is 6.04 Å². The molecule has 0 fully saturated rings. The highest BCUT2D eigenvalue weighted by Crippen LogP contribution is 2.27. The molecular weight excluding hydrogens is 252 g/mol. The molecule has 0 saturated carbocycles. The first kappa shape index (κ1) is 12.7. The molecule has 1 aromatic rings. The summed E-state index contributed by atoms with van der Waals surface area (Å²) in [6, 6.07) is 6.62. The smallest absolute Gasteiger partial charge is 0.0471 e. The summed E-state index contributed by atoms with van der Waals surface area (Å²) in [5, 5.41) is 0. The molecular formula is C12H19BrN2. The summed E-state index contributed by atoms with van der Waals surface area (Å²) in [5.74, 6) is 5.59. The van der Waals surface area contributed by atoms with Crippen molar-refractivity contribution >= 4 is 15.9 Å². The molecule has 1 aromatic carbocycles. The molecule has 0 heterocycles. The Balaban J connectivity index is 2.85. The molecule has 0 amide bonds. The van der Waals surface area contributed by atoms with Gasteiger partial charge in [-0.3, -0.25) is 11.3 Å². The van der Waals surface area contributed by atoms with Crippen LogP contribution in [0.3, 0.4) is 0 Å². The number of nitrogens with one attached hydrogen (secondary N) is 1. The van der Waals surface area contributed by atoms with Gasteiger partial charge in [-0.1, -0.05) is 53.4 Å². The first-order chi connectivity index (χ1) is 7.19. The lowest BCUT2D eigenvalue weighted by Crippen LogP contribution is -2.28. The van der Waals surface area contributed by atoms with Gasteiger partial charge in [0, 0.05) is 10.5 Å². The summed E-state index contributed by atoms with van der Waals surface area (Å²) in [4.78, 5) is 0. The molecule has 0 aliphatic carbocycles. The van der Waals surface area contributed by atoms with E-state index < -0.39 is 0 Å². The zero-order chi connectivity index (χ0) is 11.3. The van der Waals surface area contributed by atoms with E-state index in [1.54, 1.807) is 0 Å². The highest BCUT2D eigenvalue weighted by Gasteiger charge is 2.12. The first-order valence-corrected chi connectivity index (χ1v) is 6.20. The standard InChI is InChI=1S/C12H19BrN2/c1-3-4-5-12(15-14)10-8-9(2)6-7-11(10)13/h6-8,12,15H,3-5,14H2,1-2H3. The van der Waals surface area contributed by atoms with Gasteiger partial charge in [0.2, 0.25) is 0 Å². The molecule has 0 bridgehead atoms. The Morgan fingerprint density at radius 1 is 1.47 bits per heavy atom. The Morgan fingerprint density at radius 2 is 2.20 bits per heavy atom. The quantitative estimate of drug-likeness (QED) is 0.636. The zero-order valence-electron chi connectivity index (χ0n) is 9.39. The summed E-state index contributed by atoms with van der Waals surface area (Å²) >= 11 is 3.57. The zero-order valence-corrected chi connectivity index (χ0v) is 11.0. The van der Waals surface area contributed by atoms with Gasteiger partial charge in [-0.05, 0) is 25.0 Å². The van der Waals surface area contributed by atoms with Gasteiger partial charge in [-0.15, -0.1) is 0 Å². The van der Waals surface area contributed by atoms with Crippen molar-refractivity contribution in [1.82, 2.24) is 5.43 Å². The Morgan fingerprint density at radius 3 is 2.80 bits per heavy atom. The Bertz CT molecular complexity index is 312. The van der Waals surface area contributed by atoms with Gasteiger partial charge in [0.1, 0.15) is 0 Å². The second-order valence-corrected chi connectivity index (χ2v) is 4.74. The SMILES string of the molecule is CCCCC(NN)c1cc(C)ccc1Br. The lowest BCUT2D eigenvalue weighted by molar-refractivity contribution is 0.493. The monoisotopic (exact) mass is 270 g/mol. The van der Waals surface area contributed by atoms with Crippen LogP contribution >= 0.6 is 15.9 Å². The van der Waals surface area contributed by atoms with Crippen molar-refractivity contribution in [1.29, 1.82) is 0 Å². The number of hydrogen-bond donors (Lipinski definition) is 2. The van der Waals surface area contributed by atoms with Crippen molar-refractivity contribution in [3.8, 4) is 0 Å². The normalized spacial score (nSPS) is 12.8. The molecule has 0 saturated heterocycles. The van der Waals surface area contributed by atoms with E-state index in [0.717, 1.165) is 10.9 Å². The van der Waals surface area contributed by atoms with Crippen molar-refractivity contribution in [3.63, 3.8) is 0 Å². The molecule has 0 aliphatic heterocycles. The van der Waals surface area contributed by atoms with Gasteiger partial charge in [-0.2, -0.15) is 0 Å². The molecule has 2 nitrogen and oxygen atoms in total. The van der Waals surface area contributed by atoms with Crippen molar-refractivity contribution in [3.05, 3.63) is 33.8 Å². The third-order valence-corrected chi connectivity index (χ3v) is 3.30. The van der Waals surface area contributed by atoms with E-state index in [4.69, 9.17) is 5.84 Å². The number of aryl methyl sites for hydroxylation is 1. The van der Waals surface area contributed by atoms with Gasteiger partial charge in [-0.25, -0.2) is 0 Å². The Kier molecular flexibility index (Phi) is 5.29. The minimum atomic E-state index is 0.249. The van der Waals surface area contributed by atoms with E-state index in [2.05, 4.69) is 53.4 Å². The van der Waals surface area contributed by atoms with E-state index in [0.29, 0.717) is 0 Å². The Labute approximate surface area is 100 Å². The maximum atomic E-state index is 5.59. The summed E-state index contributed by atoms with van der Waals surface area (Å²) in [7, 11) is 0. The molecule has 0 spiro atoms. The predicted molar refractivity (Wildman–Crippen MR) is 68.5 cm³/mol. The highest BCUT2D eigenvalue weighted by molar-refractivity contribution is 9.10. The van der Waals surface area contributed by atoms with Crippen LogP contribution in [0.1, 0.15) is 43.4 Å². The molecule has 15 heavy (non-hydrogen) atoms. The fraction of sp³-hybridized carbons (Fsp3) is 0.500. The third kappa shape index (κ3) is 3.59. The van der Waals surface area contributed by atoms with E-state index in [9.17, 15) is 0 Å². The van der Waals surface area contributed by atoms with Crippen LogP contribution in [0.2, 0.25) is 0 Å². The molecule has 0 aliphatic rings. The average molecular weight is 271 g/mol. The third-order valence-electron chi connectivity index (χ3n) is 2.57. The number of benzene rings is 1. The summed E-state index contributed by atoms with van der Waals surface area (Å²) in [6.07, 6.45) is 3.46. The van der Waals surface area contributed by atoms with Gasteiger partial charge in [0.25, 0.3) is 0 Å². The van der Waals surface area contributed by atoms with Crippen LogP contribution in [-0.4, -0.2) is 0 Å². The summed E-state index contributed by atoms with van der Waals surface area (Å²) < 4.78 is 1.13. The molecule has 1 rings (SSSR count). The van der Waals surface area contributed by atoms with Gasteiger partial charge in [0.05, 0.1) is 0 Å². The van der Waals surface area contributed by atoms with Crippen LogP contribution in [0, 0.1) is 6.92 Å². The van der Waals surface area contributed by atoms with E-state index >= 15 is 0 Å². The second kappa shape index (κ2) is 6.26. The lowest BCUT2D eigenvalue weighted by Gasteiger charge is -2.18. The van der Waals surface area contributed by atoms with Crippen LogP contribution in [-0.2, 0) is 0 Å². The molecule has 1 atom stereocenters. The largest absolute Gasteiger partial charge is 0.271 e. The van der Waals surface area contributed by atoms with Crippen LogP contribution in [0.4, 0.5) is 0 Å². The molecule has 0 radical (unpaired) electrons. The fourth-order valence-corrected chi connectivity index (χ4v) is 2.19. The van der Waals surface area contributed by atoms with Crippen LogP contribution in [0.5, 0.6) is 0 Å². The molecule has 1 unspecified atom stereocenters. The van der Waals surface area contributed by atoms with Crippen molar-refractivity contribution in [2.24, 2.45) is 5.84 Å². The van der Waals surface area contributed by atoms with Crippen molar-refractivity contribution in [2.75, 3.05) is 0 Å². The van der Waals surface area contributed by atoms with Crippen LogP contribution in [0.15, 0.2) is 22.7 Å². The molecule has 3 N–H and O–H groups in total. The fourth-order valence-electron chi connectivity index (χ4n) is 1.67. The minimum absolute atomic E-state index is 0.249.